The van der Waals surface area contributed by atoms with Gasteiger partial charge in [-0.1, -0.05) is 24.3 Å². The van der Waals surface area contributed by atoms with Crippen LogP contribution in [0.4, 0.5) is 5.69 Å². The molecule has 2 amide bonds. The fraction of sp³-hybridized carbons (Fsp3) is 0.261. The Kier molecular flexibility index (Phi) is 5.42. The molecule has 2 heterocycles. The van der Waals surface area contributed by atoms with E-state index in [2.05, 4.69) is 10.2 Å². The molecule has 0 radical (unpaired) electrons. The summed E-state index contributed by atoms with van der Waals surface area (Å²) in [5.41, 5.74) is 3.01. The van der Waals surface area contributed by atoms with Gasteiger partial charge in [0.15, 0.2) is 0 Å². The Hall–Kier alpha value is -3.41. The van der Waals surface area contributed by atoms with E-state index in [9.17, 15) is 9.59 Å². The van der Waals surface area contributed by atoms with E-state index in [1.807, 2.05) is 41.3 Å². The fourth-order valence-electron chi connectivity index (χ4n) is 3.82. The molecule has 1 saturated heterocycles. The Morgan fingerprint density at radius 3 is 2.41 bits per heavy atom. The molecule has 1 aliphatic rings. The van der Waals surface area contributed by atoms with Gasteiger partial charge in [0.2, 0.25) is 0 Å². The van der Waals surface area contributed by atoms with Crippen LogP contribution in [-0.4, -0.2) is 47.0 Å². The SMILES string of the molecule is CN(C(=O)c1cccc(C(=O)N2CCC(c3ccn[nH]3)CC2)c1)c1ccccc1. The number of rotatable bonds is 4. The molecule has 1 N–H and O–H groups in total. The molecule has 3 aromatic rings. The molecule has 1 aromatic heterocycles. The van der Waals surface area contributed by atoms with E-state index in [4.69, 9.17) is 0 Å². The van der Waals surface area contributed by atoms with Gasteiger partial charge >= 0.3 is 0 Å². The normalized spacial score (nSPS) is 14.6. The number of hydrogen-bond donors (Lipinski definition) is 1. The molecule has 0 atom stereocenters. The second kappa shape index (κ2) is 8.31. The molecule has 29 heavy (non-hydrogen) atoms. The zero-order valence-corrected chi connectivity index (χ0v) is 16.4. The number of aromatic nitrogens is 2. The first-order valence-corrected chi connectivity index (χ1v) is 9.85. The summed E-state index contributed by atoms with van der Waals surface area (Å²) in [5.74, 6) is 0.253. The van der Waals surface area contributed by atoms with E-state index in [-0.39, 0.29) is 11.8 Å². The Morgan fingerprint density at radius 2 is 1.72 bits per heavy atom. The molecule has 6 nitrogen and oxygen atoms in total. The van der Waals surface area contributed by atoms with Crippen molar-refractivity contribution in [1.82, 2.24) is 15.1 Å². The topological polar surface area (TPSA) is 69.3 Å². The zero-order chi connectivity index (χ0) is 20.2. The van der Waals surface area contributed by atoms with E-state index >= 15 is 0 Å². The largest absolute Gasteiger partial charge is 0.339 e. The Bertz CT molecular complexity index is 977. The molecule has 0 bridgehead atoms. The molecular weight excluding hydrogens is 364 g/mol. The van der Waals surface area contributed by atoms with Crippen molar-refractivity contribution >= 4 is 17.5 Å². The highest BCUT2D eigenvalue weighted by atomic mass is 16.2. The molecule has 148 valence electrons. The molecule has 4 rings (SSSR count). The number of piperidine rings is 1. The summed E-state index contributed by atoms with van der Waals surface area (Å²) in [6, 6.07) is 18.5. The van der Waals surface area contributed by atoms with Crippen molar-refractivity contribution in [3.8, 4) is 0 Å². The number of hydrogen-bond acceptors (Lipinski definition) is 3. The third-order valence-corrected chi connectivity index (χ3v) is 5.55. The van der Waals surface area contributed by atoms with Crippen molar-refractivity contribution in [1.29, 1.82) is 0 Å². The number of para-hydroxylation sites is 1. The van der Waals surface area contributed by atoms with E-state index in [1.165, 1.54) is 0 Å². The number of benzene rings is 2. The third kappa shape index (κ3) is 4.06. The molecule has 0 aliphatic carbocycles. The lowest BCUT2D eigenvalue weighted by Crippen LogP contribution is -2.38. The predicted molar refractivity (Wildman–Crippen MR) is 112 cm³/mol. The smallest absolute Gasteiger partial charge is 0.258 e. The second-order valence-electron chi connectivity index (χ2n) is 7.36. The van der Waals surface area contributed by atoms with Crippen LogP contribution in [0.2, 0.25) is 0 Å². The van der Waals surface area contributed by atoms with Crippen LogP contribution >= 0.6 is 0 Å². The highest BCUT2D eigenvalue weighted by molar-refractivity contribution is 6.07. The number of carbonyl (C=O) groups excluding carboxylic acids is 2. The molecular formula is C23H24N4O2. The molecule has 0 unspecified atom stereocenters. The Morgan fingerprint density at radius 1 is 1.00 bits per heavy atom. The maximum absolute atomic E-state index is 13.0. The van der Waals surface area contributed by atoms with Gasteiger partial charge in [-0.3, -0.25) is 14.7 Å². The number of amides is 2. The van der Waals surface area contributed by atoms with Crippen molar-refractivity contribution in [2.75, 3.05) is 25.0 Å². The lowest BCUT2D eigenvalue weighted by Gasteiger charge is -2.31. The summed E-state index contributed by atoms with van der Waals surface area (Å²) < 4.78 is 0. The summed E-state index contributed by atoms with van der Waals surface area (Å²) in [5, 5.41) is 7.05. The van der Waals surface area contributed by atoms with Gasteiger partial charge in [-0.15, -0.1) is 0 Å². The van der Waals surface area contributed by atoms with Crippen LogP contribution in [0.15, 0.2) is 66.9 Å². The van der Waals surface area contributed by atoms with Gasteiger partial charge in [-0.05, 0) is 49.2 Å². The highest BCUT2D eigenvalue weighted by Gasteiger charge is 2.26. The standard InChI is InChI=1S/C23H24N4O2/c1-26(20-8-3-2-4-9-20)22(28)18-6-5-7-19(16-18)23(29)27-14-11-17(12-15-27)21-10-13-24-25-21/h2-10,13,16-17H,11-12,14-15H2,1H3,(H,24,25). The first kappa shape index (κ1) is 18.9. The van der Waals surface area contributed by atoms with E-state index in [0.717, 1.165) is 24.2 Å². The first-order valence-electron chi connectivity index (χ1n) is 9.85. The quantitative estimate of drug-likeness (QED) is 0.741. The number of nitrogens with one attached hydrogen (secondary N) is 1. The molecule has 0 saturated carbocycles. The van der Waals surface area contributed by atoms with Gasteiger partial charge in [-0.2, -0.15) is 5.10 Å². The van der Waals surface area contributed by atoms with Gasteiger partial charge in [0.25, 0.3) is 11.8 Å². The molecule has 6 heteroatoms. The lowest BCUT2D eigenvalue weighted by molar-refractivity contribution is 0.0712. The van der Waals surface area contributed by atoms with Crippen molar-refractivity contribution in [3.63, 3.8) is 0 Å². The van der Waals surface area contributed by atoms with Gasteiger partial charge < -0.3 is 9.80 Å². The van der Waals surface area contributed by atoms with Crippen molar-refractivity contribution < 1.29 is 9.59 Å². The van der Waals surface area contributed by atoms with Crippen LogP contribution in [0.3, 0.4) is 0 Å². The van der Waals surface area contributed by atoms with Crippen molar-refractivity contribution in [2.45, 2.75) is 18.8 Å². The van der Waals surface area contributed by atoms with Crippen molar-refractivity contribution in [3.05, 3.63) is 83.7 Å². The van der Waals surface area contributed by atoms with Crippen LogP contribution in [0, 0.1) is 0 Å². The van der Waals surface area contributed by atoms with Gasteiger partial charge in [0, 0.05) is 54.8 Å². The Labute approximate surface area is 170 Å². The minimum absolute atomic E-state index is 0.0231. The monoisotopic (exact) mass is 388 g/mol. The number of anilines is 1. The molecule has 0 spiro atoms. The number of H-pyrrole nitrogens is 1. The second-order valence-corrected chi connectivity index (χ2v) is 7.36. The number of likely N-dealkylation sites (tertiary alicyclic amines) is 1. The van der Waals surface area contributed by atoms with Crippen LogP contribution in [0.5, 0.6) is 0 Å². The highest BCUT2D eigenvalue weighted by Crippen LogP contribution is 2.27. The predicted octanol–water partition coefficient (Wildman–Crippen LogP) is 3.71. The molecule has 1 aliphatic heterocycles. The van der Waals surface area contributed by atoms with Gasteiger partial charge in [-0.25, -0.2) is 0 Å². The zero-order valence-electron chi connectivity index (χ0n) is 16.4. The molecule has 2 aromatic carbocycles. The Balaban J connectivity index is 1.44. The molecule has 1 fully saturated rings. The summed E-state index contributed by atoms with van der Waals surface area (Å²) in [6.45, 7) is 1.40. The minimum atomic E-state index is -0.135. The van der Waals surface area contributed by atoms with Crippen LogP contribution in [0.1, 0.15) is 45.2 Å². The van der Waals surface area contributed by atoms with E-state index in [0.29, 0.717) is 30.1 Å². The summed E-state index contributed by atoms with van der Waals surface area (Å²) >= 11 is 0. The van der Waals surface area contributed by atoms with Crippen LogP contribution in [-0.2, 0) is 0 Å². The maximum atomic E-state index is 13.0. The number of carbonyl (C=O) groups is 2. The first-order chi connectivity index (χ1) is 14.1. The minimum Gasteiger partial charge on any atom is -0.339 e. The van der Waals surface area contributed by atoms with Crippen LogP contribution < -0.4 is 4.90 Å². The number of aromatic amines is 1. The summed E-state index contributed by atoms with van der Waals surface area (Å²) in [6.07, 6.45) is 3.58. The average molecular weight is 388 g/mol. The van der Waals surface area contributed by atoms with Gasteiger partial charge in [0.1, 0.15) is 0 Å². The van der Waals surface area contributed by atoms with E-state index < -0.39 is 0 Å². The lowest BCUT2D eigenvalue weighted by atomic mass is 9.93. The van der Waals surface area contributed by atoms with Crippen molar-refractivity contribution in [2.24, 2.45) is 0 Å². The van der Waals surface area contributed by atoms with Crippen LogP contribution in [0.25, 0.3) is 0 Å². The number of nitrogens with zero attached hydrogens (tertiary/aromatic N) is 3. The average Bonchev–Trinajstić information content (AvgIpc) is 3.33. The fourth-order valence-corrected chi connectivity index (χ4v) is 3.82. The maximum Gasteiger partial charge on any atom is 0.258 e. The summed E-state index contributed by atoms with van der Waals surface area (Å²) in [7, 11) is 1.74. The van der Waals surface area contributed by atoms with Gasteiger partial charge in [0.05, 0.1) is 0 Å². The third-order valence-electron chi connectivity index (χ3n) is 5.55. The van der Waals surface area contributed by atoms with E-state index in [1.54, 1.807) is 42.4 Å². The summed E-state index contributed by atoms with van der Waals surface area (Å²) in [4.78, 5) is 29.3.